The van der Waals surface area contributed by atoms with Crippen LogP contribution in [0.1, 0.15) is 54.9 Å². The van der Waals surface area contributed by atoms with Crippen LogP contribution in [0.2, 0.25) is 0 Å². The van der Waals surface area contributed by atoms with E-state index in [1.54, 1.807) is 11.8 Å². The van der Waals surface area contributed by atoms with Crippen LogP contribution in [0.4, 0.5) is 4.79 Å². The zero-order valence-electron chi connectivity index (χ0n) is 15.6. The number of nitrogens with zero attached hydrogens (tertiary/aromatic N) is 1. The summed E-state index contributed by atoms with van der Waals surface area (Å²) >= 11 is 1.67. The van der Waals surface area contributed by atoms with Crippen LogP contribution in [0.3, 0.4) is 0 Å². The second kappa shape index (κ2) is 7.77. The molecule has 0 radical (unpaired) electrons. The van der Waals surface area contributed by atoms with Crippen molar-refractivity contribution in [2.45, 2.75) is 71.3 Å². The fourth-order valence-corrected chi connectivity index (χ4v) is 3.15. The van der Waals surface area contributed by atoms with E-state index in [4.69, 9.17) is 4.74 Å². The van der Waals surface area contributed by atoms with Crippen molar-refractivity contribution in [2.24, 2.45) is 5.92 Å². The van der Waals surface area contributed by atoms with E-state index in [2.05, 4.69) is 33.0 Å². The number of rotatable bonds is 3. The highest BCUT2D eigenvalue weighted by Gasteiger charge is 2.31. The molecule has 134 valence electrons. The zero-order valence-corrected chi connectivity index (χ0v) is 16.4. The molecule has 6 heteroatoms. The highest BCUT2D eigenvalue weighted by atomic mass is 32.2. The second-order valence-corrected chi connectivity index (χ2v) is 10.1. The number of hydrogen-bond acceptors (Lipinski definition) is 4. The molecule has 1 rings (SSSR count). The number of carbonyl (C=O) groups is 2. The van der Waals surface area contributed by atoms with Crippen molar-refractivity contribution in [1.82, 2.24) is 10.2 Å². The molecule has 0 aromatic heterocycles. The Kier molecular flexibility index (Phi) is 6.81. The molecule has 0 bridgehead atoms. The standard InChI is InChI=1S/C17H32N2O3S/c1-12-10-19(14(20)11-23-17(5,6)7)9-8-13(12)18-15(21)22-16(2,3)4/h12-13H,8-11H2,1-7H3,(H,18,21). The lowest BCUT2D eigenvalue weighted by atomic mass is 9.94. The fraction of sp³-hybridized carbons (Fsp3) is 0.882. The first kappa shape index (κ1) is 20.1. The van der Waals surface area contributed by atoms with E-state index in [-0.39, 0.29) is 28.7 Å². The monoisotopic (exact) mass is 344 g/mol. The molecule has 2 amide bonds. The van der Waals surface area contributed by atoms with Crippen molar-refractivity contribution in [2.75, 3.05) is 18.8 Å². The van der Waals surface area contributed by atoms with E-state index in [9.17, 15) is 9.59 Å². The Morgan fingerprint density at radius 2 is 1.83 bits per heavy atom. The van der Waals surface area contributed by atoms with E-state index in [0.717, 1.165) is 6.42 Å². The Bertz CT molecular complexity index is 427. The summed E-state index contributed by atoms with van der Waals surface area (Å²) in [6, 6.07) is 0.0594. The van der Waals surface area contributed by atoms with Crippen molar-refractivity contribution >= 4 is 23.8 Å². The minimum atomic E-state index is -0.492. The van der Waals surface area contributed by atoms with Gasteiger partial charge >= 0.3 is 6.09 Å². The SMILES string of the molecule is CC1CN(C(=O)CSC(C)(C)C)CCC1NC(=O)OC(C)(C)C. The Balaban J connectivity index is 2.44. The number of hydrogen-bond donors (Lipinski definition) is 1. The first-order valence-electron chi connectivity index (χ1n) is 8.28. The quantitative estimate of drug-likeness (QED) is 0.853. The number of alkyl carbamates (subject to hydrolysis) is 1. The van der Waals surface area contributed by atoms with E-state index in [1.807, 2.05) is 25.7 Å². The first-order chi connectivity index (χ1) is 10.4. The maximum Gasteiger partial charge on any atom is 0.407 e. The summed E-state index contributed by atoms with van der Waals surface area (Å²) in [6.07, 6.45) is 0.393. The Hall–Kier alpha value is -0.910. The summed E-state index contributed by atoms with van der Waals surface area (Å²) in [5.41, 5.74) is -0.492. The lowest BCUT2D eigenvalue weighted by molar-refractivity contribution is -0.130. The van der Waals surface area contributed by atoms with E-state index >= 15 is 0 Å². The molecule has 0 spiro atoms. The maximum atomic E-state index is 12.3. The summed E-state index contributed by atoms with van der Waals surface area (Å²) in [7, 11) is 0. The number of thioether (sulfide) groups is 1. The molecular weight excluding hydrogens is 312 g/mol. The summed E-state index contributed by atoms with van der Waals surface area (Å²) in [5.74, 6) is 0.924. The van der Waals surface area contributed by atoms with Gasteiger partial charge in [-0.25, -0.2) is 4.79 Å². The van der Waals surface area contributed by atoms with Crippen molar-refractivity contribution in [3.63, 3.8) is 0 Å². The largest absolute Gasteiger partial charge is 0.444 e. The summed E-state index contributed by atoms with van der Waals surface area (Å²) in [4.78, 5) is 26.1. The molecular formula is C17H32N2O3S. The number of piperidine rings is 1. The van der Waals surface area contributed by atoms with Gasteiger partial charge in [0, 0.05) is 23.9 Å². The third-order valence-electron chi connectivity index (χ3n) is 3.59. The molecule has 0 saturated carbocycles. The normalized spacial score (nSPS) is 22.7. The topological polar surface area (TPSA) is 58.6 Å². The van der Waals surface area contributed by atoms with Gasteiger partial charge in [-0.1, -0.05) is 27.7 Å². The summed E-state index contributed by atoms with van der Waals surface area (Å²) in [6.45, 7) is 15.3. The molecule has 1 fully saturated rings. The van der Waals surface area contributed by atoms with Crippen LogP contribution >= 0.6 is 11.8 Å². The summed E-state index contributed by atoms with van der Waals surface area (Å²) < 4.78 is 5.40. The molecule has 2 atom stereocenters. The van der Waals surface area contributed by atoms with E-state index in [0.29, 0.717) is 18.8 Å². The van der Waals surface area contributed by atoms with Gasteiger partial charge in [-0.05, 0) is 33.1 Å². The molecule has 2 unspecified atom stereocenters. The molecule has 0 aromatic rings. The average molecular weight is 345 g/mol. The predicted octanol–water partition coefficient (Wildman–Crippen LogP) is 3.28. The van der Waals surface area contributed by atoms with Gasteiger partial charge in [0.25, 0.3) is 0 Å². The Morgan fingerprint density at radius 3 is 2.30 bits per heavy atom. The molecule has 1 N–H and O–H groups in total. The van der Waals surface area contributed by atoms with Crippen LogP contribution in [0.5, 0.6) is 0 Å². The third-order valence-corrected chi connectivity index (χ3v) is 4.85. The van der Waals surface area contributed by atoms with Crippen LogP contribution < -0.4 is 5.32 Å². The molecule has 1 saturated heterocycles. The predicted molar refractivity (Wildman–Crippen MR) is 95.7 cm³/mol. The molecule has 23 heavy (non-hydrogen) atoms. The smallest absolute Gasteiger partial charge is 0.407 e. The van der Waals surface area contributed by atoms with Crippen LogP contribution in [0.25, 0.3) is 0 Å². The van der Waals surface area contributed by atoms with Gasteiger partial charge in [-0.3, -0.25) is 4.79 Å². The lowest BCUT2D eigenvalue weighted by Gasteiger charge is -2.37. The Labute approximate surface area is 144 Å². The number of likely N-dealkylation sites (tertiary alicyclic amines) is 1. The first-order valence-corrected chi connectivity index (χ1v) is 9.27. The fourth-order valence-electron chi connectivity index (χ4n) is 2.42. The minimum Gasteiger partial charge on any atom is -0.444 e. The number of nitrogens with one attached hydrogen (secondary N) is 1. The summed E-state index contributed by atoms with van der Waals surface area (Å²) in [5, 5.41) is 2.94. The molecule has 1 aliphatic heterocycles. The maximum absolute atomic E-state index is 12.3. The average Bonchev–Trinajstić information content (AvgIpc) is 2.35. The number of amides is 2. The lowest BCUT2D eigenvalue weighted by Crippen LogP contribution is -2.52. The van der Waals surface area contributed by atoms with E-state index in [1.165, 1.54) is 0 Å². The van der Waals surface area contributed by atoms with Gasteiger partial charge in [0.2, 0.25) is 5.91 Å². The van der Waals surface area contributed by atoms with Gasteiger partial charge in [-0.2, -0.15) is 0 Å². The van der Waals surface area contributed by atoms with Crippen molar-refractivity contribution in [3.05, 3.63) is 0 Å². The second-order valence-electron chi connectivity index (χ2n) is 8.26. The van der Waals surface area contributed by atoms with Crippen LogP contribution in [0, 0.1) is 5.92 Å². The molecule has 5 nitrogen and oxygen atoms in total. The molecule has 0 aromatic carbocycles. The Morgan fingerprint density at radius 1 is 1.22 bits per heavy atom. The molecule has 1 aliphatic rings. The van der Waals surface area contributed by atoms with Crippen molar-refractivity contribution in [1.29, 1.82) is 0 Å². The number of carbonyl (C=O) groups excluding carboxylic acids is 2. The molecule has 0 aliphatic carbocycles. The zero-order chi connectivity index (χ0) is 17.8. The van der Waals surface area contributed by atoms with Gasteiger partial charge in [0.05, 0.1) is 5.75 Å². The highest BCUT2D eigenvalue weighted by molar-refractivity contribution is 8.01. The minimum absolute atomic E-state index is 0.0594. The van der Waals surface area contributed by atoms with Gasteiger partial charge in [0.1, 0.15) is 5.60 Å². The van der Waals surface area contributed by atoms with E-state index < -0.39 is 5.60 Å². The van der Waals surface area contributed by atoms with Crippen molar-refractivity contribution < 1.29 is 14.3 Å². The van der Waals surface area contributed by atoms with Crippen molar-refractivity contribution in [3.8, 4) is 0 Å². The van der Waals surface area contributed by atoms with Crippen LogP contribution in [-0.4, -0.2) is 52.1 Å². The van der Waals surface area contributed by atoms with Crippen LogP contribution in [-0.2, 0) is 9.53 Å². The van der Waals surface area contributed by atoms with Gasteiger partial charge < -0.3 is 15.0 Å². The number of ether oxygens (including phenoxy) is 1. The molecule has 1 heterocycles. The van der Waals surface area contributed by atoms with Crippen LogP contribution in [0.15, 0.2) is 0 Å². The van der Waals surface area contributed by atoms with Gasteiger partial charge in [-0.15, -0.1) is 11.8 Å². The third kappa shape index (κ3) is 7.95. The highest BCUT2D eigenvalue weighted by Crippen LogP contribution is 2.25. The van der Waals surface area contributed by atoms with Gasteiger partial charge in [0.15, 0.2) is 0 Å².